The molecular formula is C13H16N2O2. The van der Waals surface area contributed by atoms with Crippen molar-refractivity contribution < 1.29 is 9.53 Å². The maximum Gasteiger partial charge on any atom is 0.221 e. The Morgan fingerprint density at radius 3 is 2.88 bits per heavy atom. The van der Waals surface area contributed by atoms with Crippen molar-refractivity contribution in [1.82, 2.24) is 0 Å². The summed E-state index contributed by atoms with van der Waals surface area (Å²) >= 11 is 0. The minimum atomic E-state index is -0.120. The van der Waals surface area contributed by atoms with Crippen LogP contribution in [0.2, 0.25) is 0 Å². The molecular weight excluding hydrogens is 216 g/mol. The number of ether oxygens (including phenoxy) is 1. The number of carbonyl (C=O) groups excluding carboxylic acids is 1. The lowest BCUT2D eigenvalue weighted by Gasteiger charge is -2.10. The molecule has 1 N–H and O–H groups in total. The minimum Gasteiger partial charge on any atom is -0.491 e. The van der Waals surface area contributed by atoms with Crippen molar-refractivity contribution in [2.75, 3.05) is 11.9 Å². The summed E-state index contributed by atoms with van der Waals surface area (Å²) in [7, 11) is 0. The first kappa shape index (κ1) is 13.0. The van der Waals surface area contributed by atoms with Crippen molar-refractivity contribution in [2.24, 2.45) is 0 Å². The van der Waals surface area contributed by atoms with Crippen LogP contribution in [-0.4, -0.2) is 12.5 Å². The number of nitriles is 1. The summed E-state index contributed by atoms with van der Waals surface area (Å²) in [5.74, 6) is 0.546. The Morgan fingerprint density at radius 2 is 2.18 bits per heavy atom. The third kappa shape index (κ3) is 5.03. The Balaban J connectivity index is 2.46. The van der Waals surface area contributed by atoms with Crippen LogP contribution in [0.3, 0.4) is 0 Å². The van der Waals surface area contributed by atoms with Crippen LogP contribution in [0.4, 0.5) is 5.69 Å². The first-order valence-electron chi connectivity index (χ1n) is 5.60. The Morgan fingerprint density at radius 1 is 1.41 bits per heavy atom. The molecule has 0 radical (unpaired) electrons. The molecule has 1 amide bonds. The van der Waals surface area contributed by atoms with Gasteiger partial charge in [0, 0.05) is 13.3 Å². The van der Waals surface area contributed by atoms with Gasteiger partial charge >= 0.3 is 0 Å². The van der Waals surface area contributed by atoms with Gasteiger partial charge in [0.05, 0.1) is 18.4 Å². The highest BCUT2D eigenvalue weighted by atomic mass is 16.5. The molecule has 1 aromatic rings. The highest BCUT2D eigenvalue weighted by Gasteiger charge is 2.03. The molecule has 0 bridgehead atoms. The standard InChI is InChI=1S/C13H16N2O2/c1-11(16)15-12-7-3-4-8-13(12)17-10-6-2-5-9-14/h3-4,7-8H,2,5-6,10H2,1H3,(H,15,16). The zero-order valence-electron chi connectivity index (χ0n) is 9.90. The van der Waals surface area contributed by atoms with Gasteiger partial charge in [-0.1, -0.05) is 12.1 Å². The molecule has 0 aliphatic carbocycles. The van der Waals surface area contributed by atoms with Gasteiger partial charge in [-0.05, 0) is 25.0 Å². The predicted octanol–water partition coefficient (Wildman–Crippen LogP) is 2.72. The van der Waals surface area contributed by atoms with E-state index in [1.54, 1.807) is 6.07 Å². The topological polar surface area (TPSA) is 62.1 Å². The van der Waals surface area contributed by atoms with Crippen molar-refractivity contribution in [3.05, 3.63) is 24.3 Å². The fraction of sp³-hybridized carbons (Fsp3) is 0.385. The number of nitrogens with one attached hydrogen (secondary N) is 1. The largest absolute Gasteiger partial charge is 0.491 e. The Kier molecular flexibility index (Phi) is 5.59. The second kappa shape index (κ2) is 7.29. The van der Waals surface area contributed by atoms with E-state index in [0.29, 0.717) is 24.5 Å². The van der Waals surface area contributed by atoms with Gasteiger partial charge in [-0.15, -0.1) is 0 Å². The van der Waals surface area contributed by atoms with E-state index in [0.717, 1.165) is 12.8 Å². The summed E-state index contributed by atoms with van der Waals surface area (Å²) < 4.78 is 5.56. The smallest absolute Gasteiger partial charge is 0.221 e. The van der Waals surface area contributed by atoms with Gasteiger partial charge in [0.25, 0.3) is 0 Å². The van der Waals surface area contributed by atoms with Gasteiger partial charge < -0.3 is 10.1 Å². The number of carbonyl (C=O) groups is 1. The molecule has 0 saturated heterocycles. The first-order valence-corrected chi connectivity index (χ1v) is 5.60. The number of anilines is 1. The van der Waals surface area contributed by atoms with Crippen molar-refractivity contribution in [1.29, 1.82) is 5.26 Å². The van der Waals surface area contributed by atoms with Gasteiger partial charge in [0.15, 0.2) is 0 Å². The fourth-order valence-electron chi connectivity index (χ4n) is 1.37. The average molecular weight is 232 g/mol. The maximum absolute atomic E-state index is 11.0. The van der Waals surface area contributed by atoms with Crippen molar-refractivity contribution in [3.63, 3.8) is 0 Å². The molecule has 0 spiro atoms. The Bertz CT molecular complexity index is 410. The average Bonchev–Trinajstić information content (AvgIpc) is 2.30. The Labute approximate surface area is 101 Å². The monoisotopic (exact) mass is 232 g/mol. The zero-order valence-corrected chi connectivity index (χ0v) is 9.90. The molecule has 4 heteroatoms. The van der Waals surface area contributed by atoms with Crippen LogP contribution >= 0.6 is 0 Å². The molecule has 1 aromatic carbocycles. The van der Waals surface area contributed by atoms with Gasteiger partial charge in [-0.25, -0.2) is 0 Å². The van der Waals surface area contributed by atoms with Crippen LogP contribution in [0.1, 0.15) is 26.2 Å². The van der Waals surface area contributed by atoms with Gasteiger partial charge in [-0.2, -0.15) is 5.26 Å². The van der Waals surface area contributed by atoms with Crippen LogP contribution in [0.5, 0.6) is 5.75 Å². The summed E-state index contributed by atoms with van der Waals surface area (Å²) in [5.41, 5.74) is 0.681. The molecule has 0 heterocycles. The summed E-state index contributed by atoms with van der Waals surface area (Å²) in [4.78, 5) is 11.0. The van der Waals surface area contributed by atoms with Crippen LogP contribution < -0.4 is 10.1 Å². The maximum atomic E-state index is 11.0. The van der Waals surface area contributed by atoms with Crippen LogP contribution in [0, 0.1) is 11.3 Å². The summed E-state index contributed by atoms with van der Waals surface area (Å²) in [6.07, 6.45) is 2.22. The third-order valence-electron chi connectivity index (χ3n) is 2.14. The number of nitrogens with zero attached hydrogens (tertiary/aromatic N) is 1. The Hall–Kier alpha value is -2.02. The number of hydrogen-bond donors (Lipinski definition) is 1. The molecule has 0 aliphatic heterocycles. The molecule has 0 atom stereocenters. The van der Waals surface area contributed by atoms with E-state index in [2.05, 4.69) is 11.4 Å². The van der Waals surface area contributed by atoms with E-state index >= 15 is 0 Å². The quantitative estimate of drug-likeness (QED) is 0.767. The lowest BCUT2D eigenvalue weighted by atomic mass is 10.2. The molecule has 4 nitrogen and oxygen atoms in total. The van der Waals surface area contributed by atoms with Gasteiger partial charge in [0.2, 0.25) is 5.91 Å². The highest BCUT2D eigenvalue weighted by Crippen LogP contribution is 2.23. The summed E-state index contributed by atoms with van der Waals surface area (Å²) in [6, 6.07) is 9.40. The van der Waals surface area contributed by atoms with Crippen molar-refractivity contribution in [3.8, 4) is 11.8 Å². The minimum absolute atomic E-state index is 0.120. The van der Waals surface area contributed by atoms with Crippen LogP contribution in [-0.2, 0) is 4.79 Å². The number of unbranched alkanes of at least 4 members (excludes halogenated alkanes) is 2. The molecule has 0 fully saturated rings. The molecule has 0 aromatic heterocycles. The van der Waals surface area contributed by atoms with Crippen molar-refractivity contribution >= 4 is 11.6 Å². The highest BCUT2D eigenvalue weighted by molar-refractivity contribution is 5.90. The van der Waals surface area contributed by atoms with E-state index in [-0.39, 0.29) is 5.91 Å². The van der Waals surface area contributed by atoms with Crippen molar-refractivity contribution in [2.45, 2.75) is 26.2 Å². The molecule has 90 valence electrons. The molecule has 0 unspecified atom stereocenters. The second-order valence-corrected chi connectivity index (χ2v) is 3.64. The number of para-hydroxylation sites is 2. The number of rotatable bonds is 6. The summed E-state index contributed by atoms with van der Waals surface area (Å²) in [5, 5.41) is 11.1. The number of amides is 1. The van der Waals surface area contributed by atoms with E-state index in [9.17, 15) is 4.79 Å². The fourth-order valence-corrected chi connectivity index (χ4v) is 1.37. The van der Waals surface area contributed by atoms with E-state index < -0.39 is 0 Å². The number of benzene rings is 1. The predicted molar refractivity (Wildman–Crippen MR) is 65.7 cm³/mol. The lowest BCUT2D eigenvalue weighted by Crippen LogP contribution is -2.08. The molecule has 0 saturated carbocycles. The number of hydrogen-bond acceptors (Lipinski definition) is 3. The van der Waals surface area contributed by atoms with Crippen LogP contribution in [0.15, 0.2) is 24.3 Å². The van der Waals surface area contributed by atoms with E-state index in [1.807, 2.05) is 18.2 Å². The summed E-state index contributed by atoms with van der Waals surface area (Å²) in [6.45, 7) is 2.02. The van der Waals surface area contributed by atoms with Gasteiger partial charge in [-0.3, -0.25) is 4.79 Å². The zero-order chi connectivity index (χ0) is 12.5. The lowest BCUT2D eigenvalue weighted by molar-refractivity contribution is -0.114. The SMILES string of the molecule is CC(=O)Nc1ccccc1OCCCCC#N. The molecule has 17 heavy (non-hydrogen) atoms. The molecule has 0 aliphatic rings. The second-order valence-electron chi connectivity index (χ2n) is 3.64. The van der Waals surface area contributed by atoms with E-state index in [4.69, 9.17) is 10.00 Å². The first-order chi connectivity index (χ1) is 8.24. The third-order valence-corrected chi connectivity index (χ3v) is 2.14. The van der Waals surface area contributed by atoms with Gasteiger partial charge in [0.1, 0.15) is 5.75 Å². The normalized spacial score (nSPS) is 9.41. The van der Waals surface area contributed by atoms with E-state index in [1.165, 1.54) is 6.92 Å². The molecule has 1 rings (SSSR count). The van der Waals surface area contributed by atoms with Crippen LogP contribution in [0.25, 0.3) is 0 Å².